The highest BCUT2D eigenvalue weighted by molar-refractivity contribution is 5.77. The van der Waals surface area contributed by atoms with Crippen LogP contribution in [-0.2, 0) is 0 Å². The van der Waals surface area contributed by atoms with E-state index in [9.17, 15) is 0 Å². The molecule has 0 aliphatic heterocycles. The van der Waals surface area contributed by atoms with E-state index in [4.69, 9.17) is 4.42 Å². The zero-order chi connectivity index (χ0) is 13.8. The van der Waals surface area contributed by atoms with Gasteiger partial charge in [-0.15, -0.1) is 0 Å². The van der Waals surface area contributed by atoms with Gasteiger partial charge in [0.1, 0.15) is 5.69 Å². The number of hydrogen-bond donors (Lipinski definition) is 0. The molecule has 0 N–H and O–H groups in total. The van der Waals surface area contributed by atoms with Gasteiger partial charge in [-0.25, -0.2) is 4.98 Å². The SMILES string of the molecule is C/C=C/c1nc(-c2ccccc2)c(-c2ccccc2)o1. The van der Waals surface area contributed by atoms with Gasteiger partial charge in [0.25, 0.3) is 0 Å². The van der Waals surface area contributed by atoms with Crippen LogP contribution in [0.15, 0.2) is 71.2 Å². The fourth-order valence-corrected chi connectivity index (χ4v) is 2.13. The highest BCUT2D eigenvalue weighted by atomic mass is 16.4. The average molecular weight is 261 g/mol. The van der Waals surface area contributed by atoms with Gasteiger partial charge in [0.2, 0.25) is 5.89 Å². The molecule has 0 aliphatic carbocycles. The van der Waals surface area contributed by atoms with Gasteiger partial charge in [0, 0.05) is 11.1 Å². The number of oxazole rings is 1. The maximum Gasteiger partial charge on any atom is 0.219 e. The third-order valence-corrected chi connectivity index (χ3v) is 3.04. The van der Waals surface area contributed by atoms with Crippen LogP contribution in [0.25, 0.3) is 28.7 Å². The Morgan fingerprint density at radius 2 is 1.45 bits per heavy atom. The molecule has 3 rings (SSSR count). The minimum atomic E-state index is 0.630. The van der Waals surface area contributed by atoms with Crippen LogP contribution in [0.4, 0.5) is 0 Å². The van der Waals surface area contributed by atoms with Gasteiger partial charge in [0.05, 0.1) is 0 Å². The van der Waals surface area contributed by atoms with E-state index in [1.807, 2.05) is 79.7 Å². The standard InChI is InChI=1S/C18H15NO/c1-2-9-16-19-17(14-10-5-3-6-11-14)18(20-16)15-12-7-4-8-13-15/h2-13H,1H3/b9-2+. The first-order chi connectivity index (χ1) is 9.88. The molecule has 2 heteroatoms. The predicted octanol–water partition coefficient (Wildman–Crippen LogP) is 5.04. The smallest absolute Gasteiger partial charge is 0.219 e. The minimum absolute atomic E-state index is 0.630. The Hall–Kier alpha value is -2.61. The summed E-state index contributed by atoms with van der Waals surface area (Å²) < 4.78 is 5.90. The van der Waals surface area contributed by atoms with Crippen molar-refractivity contribution in [3.8, 4) is 22.6 Å². The summed E-state index contributed by atoms with van der Waals surface area (Å²) in [5.74, 6) is 1.44. The van der Waals surface area contributed by atoms with Gasteiger partial charge in [0.15, 0.2) is 5.76 Å². The van der Waals surface area contributed by atoms with Gasteiger partial charge < -0.3 is 4.42 Å². The first kappa shape index (κ1) is 12.4. The van der Waals surface area contributed by atoms with Gasteiger partial charge >= 0.3 is 0 Å². The highest BCUT2D eigenvalue weighted by Crippen LogP contribution is 2.32. The summed E-state index contributed by atoms with van der Waals surface area (Å²) in [7, 11) is 0. The van der Waals surface area contributed by atoms with Gasteiger partial charge in [-0.2, -0.15) is 0 Å². The fraction of sp³-hybridized carbons (Fsp3) is 0.0556. The lowest BCUT2D eigenvalue weighted by Gasteiger charge is -2.00. The lowest BCUT2D eigenvalue weighted by atomic mass is 10.1. The van der Waals surface area contributed by atoms with Crippen LogP contribution in [0.3, 0.4) is 0 Å². The molecule has 0 unspecified atom stereocenters. The summed E-state index contributed by atoms with van der Waals surface area (Å²) in [6.07, 6.45) is 3.80. The topological polar surface area (TPSA) is 26.0 Å². The van der Waals surface area contributed by atoms with Gasteiger partial charge in [-0.05, 0) is 13.0 Å². The second-order valence-corrected chi connectivity index (χ2v) is 4.46. The van der Waals surface area contributed by atoms with Crippen LogP contribution >= 0.6 is 0 Å². The van der Waals surface area contributed by atoms with Crippen LogP contribution in [0.2, 0.25) is 0 Å². The Kier molecular flexibility index (Phi) is 3.46. The molecule has 0 saturated heterocycles. The number of aromatic nitrogens is 1. The van der Waals surface area contributed by atoms with Crippen LogP contribution in [0.1, 0.15) is 12.8 Å². The zero-order valence-electron chi connectivity index (χ0n) is 11.3. The normalized spacial score (nSPS) is 11.1. The average Bonchev–Trinajstić information content (AvgIpc) is 2.93. The van der Waals surface area contributed by atoms with Gasteiger partial charge in [-0.1, -0.05) is 66.7 Å². The second kappa shape index (κ2) is 5.57. The quantitative estimate of drug-likeness (QED) is 0.660. The van der Waals surface area contributed by atoms with Crippen LogP contribution in [0, 0.1) is 0 Å². The maximum absolute atomic E-state index is 5.90. The summed E-state index contributed by atoms with van der Waals surface area (Å²) in [6.45, 7) is 1.95. The molecular weight excluding hydrogens is 246 g/mol. The zero-order valence-corrected chi connectivity index (χ0v) is 11.3. The van der Waals surface area contributed by atoms with Crippen molar-refractivity contribution in [3.05, 3.63) is 72.6 Å². The van der Waals surface area contributed by atoms with E-state index in [2.05, 4.69) is 4.98 Å². The molecule has 20 heavy (non-hydrogen) atoms. The second-order valence-electron chi connectivity index (χ2n) is 4.46. The molecular formula is C18H15NO. The van der Waals surface area contributed by atoms with E-state index in [1.165, 1.54) is 0 Å². The summed E-state index contributed by atoms with van der Waals surface area (Å²) >= 11 is 0. The Labute approximate surface area is 118 Å². The van der Waals surface area contributed by atoms with Crippen molar-refractivity contribution in [1.29, 1.82) is 0 Å². The van der Waals surface area contributed by atoms with E-state index in [0.717, 1.165) is 22.6 Å². The number of rotatable bonds is 3. The van der Waals surface area contributed by atoms with Crippen molar-refractivity contribution in [2.75, 3.05) is 0 Å². The molecule has 98 valence electrons. The van der Waals surface area contributed by atoms with E-state index in [-0.39, 0.29) is 0 Å². The largest absolute Gasteiger partial charge is 0.436 e. The number of allylic oxidation sites excluding steroid dienone is 1. The number of benzene rings is 2. The Balaban J connectivity index is 2.18. The van der Waals surface area contributed by atoms with Crippen LogP contribution < -0.4 is 0 Å². The van der Waals surface area contributed by atoms with E-state index in [0.29, 0.717) is 5.89 Å². The lowest BCUT2D eigenvalue weighted by molar-refractivity contribution is 0.560. The molecule has 3 aromatic rings. The summed E-state index contributed by atoms with van der Waals surface area (Å²) in [4.78, 5) is 4.59. The monoisotopic (exact) mass is 261 g/mol. The number of hydrogen-bond acceptors (Lipinski definition) is 2. The van der Waals surface area contributed by atoms with Crippen molar-refractivity contribution < 1.29 is 4.42 Å². The molecule has 1 aromatic heterocycles. The first-order valence-corrected chi connectivity index (χ1v) is 6.63. The predicted molar refractivity (Wildman–Crippen MR) is 82.1 cm³/mol. The van der Waals surface area contributed by atoms with E-state index in [1.54, 1.807) is 0 Å². The molecule has 2 aromatic carbocycles. The Bertz CT molecular complexity index is 655. The molecule has 0 radical (unpaired) electrons. The molecule has 0 fully saturated rings. The third-order valence-electron chi connectivity index (χ3n) is 3.04. The maximum atomic E-state index is 5.90. The number of nitrogens with zero attached hydrogens (tertiary/aromatic N) is 1. The van der Waals surface area contributed by atoms with Crippen molar-refractivity contribution in [1.82, 2.24) is 4.98 Å². The molecule has 0 spiro atoms. The van der Waals surface area contributed by atoms with Crippen molar-refractivity contribution in [2.24, 2.45) is 0 Å². The van der Waals surface area contributed by atoms with Crippen molar-refractivity contribution >= 4 is 6.08 Å². The molecule has 0 saturated carbocycles. The van der Waals surface area contributed by atoms with Crippen molar-refractivity contribution in [3.63, 3.8) is 0 Å². The lowest BCUT2D eigenvalue weighted by Crippen LogP contribution is -1.81. The fourth-order valence-electron chi connectivity index (χ4n) is 2.13. The van der Waals surface area contributed by atoms with E-state index >= 15 is 0 Å². The van der Waals surface area contributed by atoms with E-state index < -0.39 is 0 Å². The van der Waals surface area contributed by atoms with Gasteiger partial charge in [-0.3, -0.25) is 0 Å². The third kappa shape index (κ3) is 2.41. The highest BCUT2D eigenvalue weighted by Gasteiger charge is 2.15. The molecule has 2 nitrogen and oxygen atoms in total. The summed E-state index contributed by atoms with van der Waals surface area (Å²) in [6, 6.07) is 20.2. The van der Waals surface area contributed by atoms with Crippen molar-refractivity contribution in [2.45, 2.75) is 6.92 Å². The van der Waals surface area contributed by atoms with Crippen LogP contribution in [-0.4, -0.2) is 4.98 Å². The summed E-state index contributed by atoms with van der Waals surface area (Å²) in [5.41, 5.74) is 2.98. The molecule has 0 atom stereocenters. The molecule has 0 amide bonds. The first-order valence-electron chi connectivity index (χ1n) is 6.63. The molecule has 0 aliphatic rings. The minimum Gasteiger partial charge on any atom is -0.436 e. The molecule has 0 bridgehead atoms. The Morgan fingerprint density at radius 1 is 0.850 bits per heavy atom. The summed E-state index contributed by atoms with van der Waals surface area (Å²) in [5, 5.41) is 0. The molecule has 1 heterocycles. The Morgan fingerprint density at radius 3 is 2.05 bits per heavy atom. The van der Waals surface area contributed by atoms with Crippen LogP contribution in [0.5, 0.6) is 0 Å².